The van der Waals surface area contributed by atoms with Crippen molar-refractivity contribution in [2.75, 3.05) is 6.61 Å². The molecule has 1 aromatic rings. The molecule has 1 aliphatic rings. The molecule has 1 heterocycles. The molecule has 0 radical (unpaired) electrons. The van der Waals surface area contributed by atoms with E-state index in [1.807, 2.05) is 0 Å². The summed E-state index contributed by atoms with van der Waals surface area (Å²) in [4.78, 5) is 23.9. The van der Waals surface area contributed by atoms with Gasteiger partial charge in [-0.2, -0.15) is 0 Å². The van der Waals surface area contributed by atoms with Crippen LogP contribution in [0.4, 0.5) is 5.69 Å². The highest BCUT2D eigenvalue weighted by Crippen LogP contribution is 2.65. The SMILES string of the molecule is CCOC(=O)C1=C(C)NC(C)=C(P(=O)(OC(C)C)OC(C)C)C1c1cccc([N+](=O)[O-])c1. The lowest BCUT2D eigenvalue weighted by Crippen LogP contribution is -2.30. The van der Waals surface area contributed by atoms with Gasteiger partial charge >= 0.3 is 13.6 Å². The number of nitro groups is 1. The number of non-ortho nitro benzene ring substituents is 1. The number of carbonyl (C=O) groups excluding carboxylic acids is 1. The van der Waals surface area contributed by atoms with E-state index >= 15 is 0 Å². The van der Waals surface area contributed by atoms with E-state index in [0.29, 0.717) is 17.0 Å². The van der Waals surface area contributed by atoms with Crippen molar-refractivity contribution in [1.29, 1.82) is 0 Å². The van der Waals surface area contributed by atoms with Crippen molar-refractivity contribution < 1.29 is 28.1 Å². The number of ether oxygens (including phenoxy) is 1. The Bertz CT molecular complexity index is 984. The monoisotopic (exact) mass is 466 g/mol. The van der Waals surface area contributed by atoms with Crippen LogP contribution in [-0.2, 0) is 23.1 Å². The highest BCUT2D eigenvalue weighted by atomic mass is 31.2. The number of hydrogen-bond donors (Lipinski definition) is 1. The van der Waals surface area contributed by atoms with Crippen molar-refractivity contribution in [3.8, 4) is 0 Å². The minimum absolute atomic E-state index is 0.137. The quantitative estimate of drug-likeness (QED) is 0.223. The van der Waals surface area contributed by atoms with E-state index in [4.69, 9.17) is 13.8 Å². The number of nitro benzene ring substituents is 1. The third-order valence-electron chi connectivity index (χ3n) is 4.63. The van der Waals surface area contributed by atoms with Gasteiger partial charge in [-0.25, -0.2) is 4.79 Å². The maximum absolute atomic E-state index is 14.2. The number of nitrogens with zero attached hydrogens (tertiary/aromatic N) is 1. The number of dihydropyridines is 1. The van der Waals surface area contributed by atoms with Crippen LogP contribution in [0.2, 0.25) is 0 Å². The molecular weight excluding hydrogens is 435 g/mol. The number of allylic oxidation sites excluding steroid dienone is 3. The molecule has 1 aliphatic heterocycles. The average Bonchev–Trinajstić information content (AvgIpc) is 2.65. The molecule has 0 aliphatic carbocycles. The molecule has 1 atom stereocenters. The Balaban J connectivity index is 2.83. The van der Waals surface area contributed by atoms with E-state index in [-0.39, 0.29) is 23.2 Å². The normalized spacial score (nSPS) is 17.1. The Hall–Kier alpha value is -2.48. The molecule has 0 spiro atoms. The molecular formula is C22H31N2O7P. The summed E-state index contributed by atoms with van der Waals surface area (Å²) in [6, 6.07) is 5.90. The van der Waals surface area contributed by atoms with Crippen LogP contribution in [0.5, 0.6) is 0 Å². The second-order valence-electron chi connectivity index (χ2n) is 7.99. The van der Waals surface area contributed by atoms with Gasteiger partial charge in [0, 0.05) is 23.5 Å². The van der Waals surface area contributed by atoms with Gasteiger partial charge in [0.2, 0.25) is 0 Å². The van der Waals surface area contributed by atoms with Crippen LogP contribution in [-0.4, -0.2) is 29.7 Å². The first-order valence-corrected chi connectivity index (χ1v) is 12.0. The van der Waals surface area contributed by atoms with Crippen LogP contribution >= 0.6 is 7.60 Å². The third kappa shape index (κ3) is 5.65. The van der Waals surface area contributed by atoms with Crippen LogP contribution in [0, 0.1) is 10.1 Å². The summed E-state index contributed by atoms with van der Waals surface area (Å²) < 4.78 is 31.1. The number of carbonyl (C=O) groups is 1. The van der Waals surface area contributed by atoms with E-state index in [0.717, 1.165) is 0 Å². The lowest BCUT2D eigenvalue weighted by Gasteiger charge is -2.35. The van der Waals surface area contributed by atoms with E-state index in [9.17, 15) is 19.5 Å². The molecule has 32 heavy (non-hydrogen) atoms. The molecule has 0 aromatic heterocycles. The maximum atomic E-state index is 14.2. The fourth-order valence-electron chi connectivity index (χ4n) is 3.66. The van der Waals surface area contributed by atoms with Crippen LogP contribution in [0.15, 0.2) is 46.5 Å². The van der Waals surface area contributed by atoms with Crippen molar-refractivity contribution in [1.82, 2.24) is 5.32 Å². The predicted molar refractivity (Wildman–Crippen MR) is 121 cm³/mol. The third-order valence-corrected chi connectivity index (χ3v) is 7.21. The molecule has 9 nitrogen and oxygen atoms in total. The molecule has 176 valence electrons. The Labute approximate surface area is 188 Å². The first kappa shape index (κ1) is 25.8. The zero-order valence-corrected chi connectivity index (χ0v) is 20.4. The topological polar surface area (TPSA) is 117 Å². The fraction of sp³-hybridized carbons (Fsp3) is 0.500. The summed E-state index contributed by atoms with van der Waals surface area (Å²) in [5.41, 5.74) is 1.46. The number of rotatable bonds is 9. The van der Waals surface area contributed by atoms with Crippen LogP contribution in [0.25, 0.3) is 0 Å². The highest BCUT2D eigenvalue weighted by Gasteiger charge is 2.46. The lowest BCUT2D eigenvalue weighted by atomic mass is 9.86. The Morgan fingerprint density at radius 2 is 1.75 bits per heavy atom. The summed E-state index contributed by atoms with van der Waals surface area (Å²) in [5, 5.41) is 14.8. The molecule has 0 saturated heterocycles. The van der Waals surface area contributed by atoms with Gasteiger partial charge < -0.3 is 19.1 Å². The van der Waals surface area contributed by atoms with E-state index in [1.165, 1.54) is 18.2 Å². The number of hydrogen-bond acceptors (Lipinski definition) is 8. The smallest absolute Gasteiger partial charge is 0.360 e. The van der Waals surface area contributed by atoms with Crippen LogP contribution in [0.1, 0.15) is 59.9 Å². The molecule has 0 fully saturated rings. The van der Waals surface area contributed by atoms with Gasteiger partial charge in [-0.05, 0) is 54.0 Å². The standard InChI is InChI=1S/C22H31N2O7P/c1-8-29-22(25)19-15(6)23-16(7)21(32(28,30-13(2)3)31-14(4)5)20(19)17-10-9-11-18(12-17)24(26)27/h9-14,20,23H,8H2,1-7H3. The molecule has 0 bridgehead atoms. The number of nitrogens with one attached hydrogen (secondary N) is 1. The van der Waals surface area contributed by atoms with Crippen molar-refractivity contribution in [2.24, 2.45) is 0 Å². The Morgan fingerprint density at radius 3 is 2.25 bits per heavy atom. The van der Waals surface area contributed by atoms with Gasteiger partial charge in [0.05, 0.1) is 40.5 Å². The molecule has 1 aromatic carbocycles. The molecule has 0 amide bonds. The molecule has 1 unspecified atom stereocenters. The maximum Gasteiger partial charge on any atom is 0.360 e. The summed E-state index contributed by atoms with van der Waals surface area (Å²) >= 11 is 0. The average molecular weight is 466 g/mol. The zero-order chi connectivity index (χ0) is 24.2. The summed E-state index contributed by atoms with van der Waals surface area (Å²) in [6.45, 7) is 12.2. The van der Waals surface area contributed by atoms with Gasteiger partial charge in [0.15, 0.2) is 0 Å². The van der Waals surface area contributed by atoms with Crippen molar-refractivity contribution in [3.63, 3.8) is 0 Å². The number of esters is 1. The van der Waals surface area contributed by atoms with E-state index in [1.54, 1.807) is 54.5 Å². The van der Waals surface area contributed by atoms with E-state index < -0.39 is 36.6 Å². The van der Waals surface area contributed by atoms with Crippen LogP contribution < -0.4 is 5.32 Å². The molecule has 2 rings (SSSR count). The molecule has 0 saturated carbocycles. The second kappa shape index (κ2) is 10.4. The minimum atomic E-state index is -3.94. The molecule has 10 heteroatoms. The Morgan fingerprint density at radius 1 is 1.16 bits per heavy atom. The summed E-state index contributed by atoms with van der Waals surface area (Å²) in [6.07, 6.45) is -0.882. The first-order valence-electron chi connectivity index (χ1n) is 10.5. The van der Waals surface area contributed by atoms with Crippen molar-refractivity contribution in [3.05, 3.63) is 62.2 Å². The van der Waals surface area contributed by atoms with Crippen molar-refractivity contribution in [2.45, 2.75) is 66.6 Å². The number of benzene rings is 1. The van der Waals surface area contributed by atoms with Gasteiger partial charge in [-0.3, -0.25) is 14.7 Å². The van der Waals surface area contributed by atoms with Gasteiger partial charge in [0.25, 0.3) is 5.69 Å². The van der Waals surface area contributed by atoms with Crippen LogP contribution in [0.3, 0.4) is 0 Å². The molecule has 1 N–H and O–H groups in total. The fourth-order valence-corrected chi connectivity index (χ4v) is 6.11. The van der Waals surface area contributed by atoms with Crippen molar-refractivity contribution >= 4 is 19.3 Å². The zero-order valence-electron chi connectivity index (χ0n) is 19.5. The second-order valence-corrected chi connectivity index (χ2v) is 9.88. The predicted octanol–water partition coefficient (Wildman–Crippen LogP) is 5.39. The van der Waals surface area contributed by atoms with Gasteiger partial charge in [-0.1, -0.05) is 12.1 Å². The highest BCUT2D eigenvalue weighted by molar-refractivity contribution is 7.58. The minimum Gasteiger partial charge on any atom is -0.463 e. The van der Waals surface area contributed by atoms with Gasteiger partial charge in [0.1, 0.15) is 0 Å². The summed E-state index contributed by atoms with van der Waals surface area (Å²) in [5.74, 6) is -1.53. The first-order chi connectivity index (χ1) is 14.9. The van der Waals surface area contributed by atoms with E-state index in [2.05, 4.69) is 5.32 Å². The largest absolute Gasteiger partial charge is 0.463 e. The Kier molecular flexibility index (Phi) is 8.40. The van der Waals surface area contributed by atoms with Gasteiger partial charge in [-0.15, -0.1) is 0 Å². The summed E-state index contributed by atoms with van der Waals surface area (Å²) in [7, 11) is -3.94. The lowest BCUT2D eigenvalue weighted by molar-refractivity contribution is -0.384.